The molecule has 1 aliphatic rings. The van der Waals surface area contributed by atoms with Crippen molar-refractivity contribution in [1.82, 2.24) is 0 Å². The Balaban J connectivity index is 2.35. The molecule has 1 saturated carbocycles. The first-order valence-corrected chi connectivity index (χ1v) is 6.07. The van der Waals surface area contributed by atoms with Crippen LogP contribution in [-0.2, 0) is 11.8 Å². The molecule has 1 aliphatic carbocycles. The minimum absolute atomic E-state index is 0.0223. The summed E-state index contributed by atoms with van der Waals surface area (Å²) in [6, 6.07) is 7.51. The van der Waals surface area contributed by atoms with Crippen molar-refractivity contribution in [2.24, 2.45) is 5.73 Å². The summed E-state index contributed by atoms with van der Waals surface area (Å²) in [5, 5.41) is 0. The van der Waals surface area contributed by atoms with Crippen LogP contribution in [0.25, 0.3) is 0 Å². The van der Waals surface area contributed by atoms with Gasteiger partial charge < -0.3 is 5.73 Å². The summed E-state index contributed by atoms with van der Waals surface area (Å²) in [4.78, 5) is 0. The molecule has 3 heteroatoms. The molecule has 1 nitrogen and oxygen atoms in total. The van der Waals surface area contributed by atoms with Crippen LogP contribution in [-0.4, -0.2) is 12.0 Å². The third-order valence-corrected chi connectivity index (χ3v) is 3.71. The summed E-state index contributed by atoms with van der Waals surface area (Å²) in [6.45, 7) is 2.93. The van der Waals surface area contributed by atoms with Gasteiger partial charge in [0.15, 0.2) is 0 Å². The van der Waals surface area contributed by atoms with Gasteiger partial charge in [-0.3, -0.25) is 0 Å². The summed E-state index contributed by atoms with van der Waals surface area (Å²) in [6.07, 6.45) is 1.82. The Labute approximate surface area is 101 Å². The largest absolute Gasteiger partial charge is 0.327 e. The zero-order valence-corrected chi connectivity index (χ0v) is 10.3. The number of hydrogen-bond acceptors (Lipinski definition) is 1. The average molecular weight is 239 g/mol. The molecule has 94 valence electrons. The molecule has 0 radical (unpaired) electrons. The maximum Gasteiger partial charge on any atom is 0.249 e. The molecule has 1 aromatic rings. The lowest BCUT2D eigenvalue weighted by molar-refractivity contribution is 0.0223. The normalized spacial score (nSPS) is 20.1. The van der Waals surface area contributed by atoms with E-state index in [0.29, 0.717) is 0 Å². The summed E-state index contributed by atoms with van der Waals surface area (Å²) < 4.78 is 26.3. The van der Waals surface area contributed by atoms with Gasteiger partial charge in [-0.25, -0.2) is 8.78 Å². The fourth-order valence-electron chi connectivity index (χ4n) is 2.60. The van der Waals surface area contributed by atoms with Gasteiger partial charge in [0.1, 0.15) is 0 Å². The molecule has 17 heavy (non-hydrogen) atoms. The zero-order valence-electron chi connectivity index (χ0n) is 10.3. The fraction of sp³-hybridized carbons (Fsp3) is 0.571. The van der Waals surface area contributed by atoms with Crippen LogP contribution in [0.4, 0.5) is 8.78 Å². The Bertz CT molecular complexity index is 403. The second-order valence-corrected chi connectivity index (χ2v) is 5.35. The van der Waals surface area contributed by atoms with E-state index in [9.17, 15) is 8.78 Å². The molecule has 0 bridgehead atoms. The maximum atomic E-state index is 13.2. The van der Waals surface area contributed by atoms with Gasteiger partial charge in [-0.2, -0.15) is 0 Å². The van der Waals surface area contributed by atoms with Crippen LogP contribution in [0.15, 0.2) is 24.3 Å². The average Bonchev–Trinajstić information content (AvgIpc) is 2.96. The van der Waals surface area contributed by atoms with Gasteiger partial charge in [0.25, 0.3) is 0 Å². The number of benzene rings is 1. The molecule has 0 heterocycles. The van der Waals surface area contributed by atoms with Gasteiger partial charge in [0.05, 0.1) is 0 Å². The summed E-state index contributed by atoms with van der Waals surface area (Å²) in [5.41, 5.74) is 7.73. The first kappa shape index (κ1) is 12.5. The topological polar surface area (TPSA) is 26.0 Å². The van der Waals surface area contributed by atoms with E-state index >= 15 is 0 Å². The highest BCUT2D eigenvalue weighted by atomic mass is 19.3. The molecule has 0 amide bonds. The van der Waals surface area contributed by atoms with Gasteiger partial charge in [0, 0.05) is 17.9 Å². The molecule has 1 aromatic carbocycles. The van der Waals surface area contributed by atoms with Gasteiger partial charge in [-0.05, 0) is 37.8 Å². The Kier molecular flexibility index (Phi) is 2.98. The number of hydrogen-bond donors (Lipinski definition) is 1. The van der Waals surface area contributed by atoms with E-state index < -0.39 is 5.92 Å². The molecule has 0 aromatic heterocycles. The summed E-state index contributed by atoms with van der Waals surface area (Å²) in [7, 11) is 0. The first-order chi connectivity index (χ1) is 7.85. The molecular weight excluding hydrogens is 220 g/mol. The standard InChI is InChI=1S/C14H19F2N/c1-10(17)14(7-8-14)12-6-4-3-5-11(12)9-13(2,15)16/h3-6,10H,7-9,17H2,1-2H3. The molecule has 1 fully saturated rings. The number of halogens is 2. The first-order valence-electron chi connectivity index (χ1n) is 6.07. The van der Waals surface area contributed by atoms with E-state index in [4.69, 9.17) is 5.73 Å². The Hall–Kier alpha value is -0.960. The SMILES string of the molecule is CC(N)C1(c2ccccc2CC(C)(F)F)CC1. The van der Waals surface area contributed by atoms with Gasteiger partial charge in [0.2, 0.25) is 5.92 Å². The highest BCUT2D eigenvalue weighted by molar-refractivity contribution is 5.40. The Morgan fingerprint density at radius 3 is 2.41 bits per heavy atom. The van der Waals surface area contributed by atoms with Gasteiger partial charge in [-0.1, -0.05) is 24.3 Å². The van der Waals surface area contributed by atoms with E-state index in [1.54, 1.807) is 6.07 Å². The lowest BCUT2D eigenvalue weighted by atomic mass is 9.84. The summed E-state index contributed by atoms with van der Waals surface area (Å²) in [5.74, 6) is -2.66. The second-order valence-electron chi connectivity index (χ2n) is 5.35. The predicted molar refractivity (Wildman–Crippen MR) is 65.3 cm³/mol. The van der Waals surface area contributed by atoms with Crippen LogP contribution >= 0.6 is 0 Å². The highest BCUT2D eigenvalue weighted by Gasteiger charge is 2.48. The van der Waals surface area contributed by atoms with Gasteiger partial charge in [-0.15, -0.1) is 0 Å². The third-order valence-electron chi connectivity index (χ3n) is 3.71. The second kappa shape index (κ2) is 4.05. The van der Waals surface area contributed by atoms with Crippen LogP contribution < -0.4 is 5.73 Å². The minimum atomic E-state index is -2.66. The number of alkyl halides is 2. The van der Waals surface area contributed by atoms with Crippen molar-refractivity contribution in [3.05, 3.63) is 35.4 Å². The van der Waals surface area contributed by atoms with Crippen molar-refractivity contribution < 1.29 is 8.78 Å². The van der Waals surface area contributed by atoms with Crippen LogP contribution in [0.2, 0.25) is 0 Å². The quantitative estimate of drug-likeness (QED) is 0.857. The number of nitrogens with two attached hydrogens (primary N) is 1. The molecule has 1 unspecified atom stereocenters. The van der Waals surface area contributed by atoms with Gasteiger partial charge >= 0.3 is 0 Å². The molecule has 1 atom stereocenters. The van der Waals surface area contributed by atoms with Crippen molar-refractivity contribution in [3.8, 4) is 0 Å². The Morgan fingerprint density at radius 2 is 1.94 bits per heavy atom. The molecule has 0 spiro atoms. The third kappa shape index (κ3) is 2.49. The van der Waals surface area contributed by atoms with Crippen LogP contribution in [0, 0.1) is 0 Å². The van der Waals surface area contributed by atoms with Crippen molar-refractivity contribution in [2.75, 3.05) is 0 Å². The number of rotatable bonds is 4. The van der Waals surface area contributed by atoms with Crippen LogP contribution in [0.1, 0.15) is 37.8 Å². The van der Waals surface area contributed by atoms with Crippen molar-refractivity contribution in [1.29, 1.82) is 0 Å². The van der Waals surface area contributed by atoms with Crippen molar-refractivity contribution in [2.45, 2.75) is 50.5 Å². The maximum absolute atomic E-state index is 13.2. The van der Waals surface area contributed by atoms with Crippen LogP contribution in [0.5, 0.6) is 0 Å². The summed E-state index contributed by atoms with van der Waals surface area (Å²) >= 11 is 0. The predicted octanol–water partition coefficient (Wildman–Crippen LogP) is 3.26. The lowest BCUT2D eigenvalue weighted by Crippen LogP contribution is -2.33. The molecule has 2 rings (SSSR count). The molecule has 2 N–H and O–H groups in total. The smallest absolute Gasteiger partial charge is 0.249 e. The monoisotopic (exact) mass is 239 g/mol. The van der Waals surface area contributed by atoms with E-state index in [1.807, 2.05) is 25.1 Å². The minimum Gasteiger partial charge on any atom is -0.327 e. The van der Waals surface area contributed by atoms with Crippen LogP contribution in [0.3, 0.4) is 0 Å². The zero-order chi connectivity index (χ0) is 12.7. The highest BCUT2D eigenvalue weighted by Crippen LogP contribution is 2.51. The van der Waals surface area contributed by atoms with E-state index in [2.05, 4.69) is 0 Å². The lowest BCUT2D eigenvalue weighted by Gasteiger charge is -2.24. The van der Waals surface area contributed by atoms with Crippen molar-refractivity contribution >= 4 is 0 Å². The molecule has 0 aliphatic heterocycles. The van der Waals surface area contributed by atoms with E-state index in [1.165, 1.54) is 0 Å². The van der Waals surface area contributed by atoms with E-state index in [-0.39, 0.29) is 17.9 Å². The van der Waals surface area contributed by atoms with E-state index in [0.717, 1.165) is 30.9 Å². The molecular formula is C14H19F2N. The van der Waals surface area contributed by atoms with Crippen molar-refractivity contribution in [3.63, 3.8) is 0 Å². The fourth-order valence-corrected chi connectivity index (χ4v) is 2.60. The Morgan fingerprint density at radius 1 is 1.35 bits per heavy atom. The molecule has 0 saturated heterocycles.